The highest BCUT2D eigenvalue weighted by Gasteiger charge is 2.31. The largest absolute Gasteiger partial charge is 0.373 e. The Kier molecular flexibility index (Phi) is 2.61. The highest BCUT2D eigenvalue weighted by molar-refractivity contribution is 6.08. The van der Waals surface area contributed by atoms with Crippen molar-refractivity contribution in [1.29, 1.82) is 0 Å². The molecule has 0 aromatic heterocycles. The molecule has 18 heavy (non-hydrogen) atoms. The van der Waals surface area contributed by atoms with E-state index >= 15 is 0 Å². The van der Waals surface area contributed by atoms with Crippen LogP contribution in [0.4, 0.5) is 5.69 Å². The summed E-state index contributed by atoms with van der Waals surface area (Å²) in [6, 6.07) is 16.7. The van der Waals surface area contributed by atoms with E-state index in [0.717, 1.165) is 11.3 Å². The Balaban J connectivity index is 2.06. The van der Waals surface area contributed by atoms with Crippen LogP contribution < -0.4 is 4.90 Å². The van der Waals surface area contributed by atoms with Crippen molar-refractivity contribution in [3.63, 3.8) is 0 Å². The lowest BCUT2D eigenvalue weighted by Gasteiger charge is -2.33. The lowest BCUT2D eigenvalue weighted by Crippen LogP contribution is -2.45. The Morgan fingerprint density at radius 3 is 2.44 bits per heavy atom. The molecule has 1 heterocycles. The van der Waals surface area contributed by atoms with Gasteiger partial charge in [0, 0.05) is 17.7 Å². The van der Waals surface area contributed by atoms with E-state index < -0.39 is 6.23 Å². The van der Waals surface area contributed by atoms with E-state index in [0.29, 0.717) is 12.0 Å². The molecule has 1 aliphatic rings. The molecule has 0 saturated heterocycles. The molecule has 1 aliphatic heterocycles. The maximum atomic E-state index is 12.4. The van der Waals surface area contributed by atoms with Gasteiger partial charge in [-0.2, -0.15) is 0 Å². The van der Waals surface area contributed by atoms with Gasteiger partial charge in [-0.05, 0) is 23.8 Å². The molecule has 2 aromatic rings. The van der Waals surface area contributed by atoms with Gasteiger partial charge in [0.15, 0.2) is 0 Å². The van der Waals surface area contributed by atoms with Crippen LogP contribution in [0.3, 0.4) is 0 Å². The van der Waals surface area contributed by atoms with Crippen LogP contribution in [0.5, 0.6) is 0 Å². The summed E-state index contributed by atoms with van der Waals surface area (Å²) in [5.41, 5.74) is 2.30. The number of hydrogen-bond acceptors (Lipinski definition) is 2. The van der Waals surface area contributed by atoms with Gasteiger partial charge in [-0.15, -0.1) is 0 Å². The van der Waals surface area contributed by atoms with Gasteiger partial charge >= 0.3 is 0 Å². The van der Waals surface area contributed by atoms with E-state index in [9.17, 15) is 9.90 Å². The summed E-state index contributed by atoms with van der Waals surface area (Å²) in [5, 5.41) is 10.1. The van der Waals surface area contributed by atoms with Crippen LogP contribution in [0, 0.1) is 0 Å². The predicted molar refractivity (Wildman–Crippen MR) is 69.4 cm³/mol. The lowest BCUT2D eigenvalue weighted by atomic mass is 9.97. The number of aliphatic hydroxyl groups is 1. The first-order valence-corrected chi connectivity index (χ1v) is 5.92. The summed E-state index contributed by atoms with van der Waals surface area (Å²) in [5.74, 6) is -0.143. The van der Waals surface area contributed by atoms with Crippen molar-refractivity contribution in [3.05, 3.63) is 65.7 Å². The number of carbonyl (C=O) groups is 1. The van der Waals surface area contributed by atoms with Crippen molar-refractivity contribution in [3.8, 4) is 0 Å². The highest BCUT2D eigenvalue weighted by atomic mass is 16.3. The molecule has 2 aromatic carbocycles. The fourth-order valence-corrected chi connectivity index (χ4v) is 2.34. The molecule has 1 atom stereocenters. The van der Waals surface area contributed by atoms with Crippen molar-refractivity contribution in [2.24, 2.45) is 0 Å². The van der Waals surface area contributed by atoms with Gasteiger partial charge in [0.25, 0.3) is 5.91 Å². The van der Waals surface area contributed by atoms with Gasteiger partial charge in [-0.3, -0.25) is 9.69 Å². The van der Waals surface area contributed by atoms with Crippen LogP contribution in [-0.2, 0) is 6.42 Å². The second-order valence-corrected chi connectivity index (χ2v) is 4.35. The second-order valence-electron chi connectivity index (χ2n) is 4.35. The molecule has 3 nitrogen and oxygen atoms in total. The zero-order valence-electron chi connectivity index (χ0n) is 9.78. The maximum Gasteiger partial charge on any atom is 0.260 e. The van der Waals surface area contributed by atoms with Gasteiger partial charge in [0.05, 0.1) is 0 Å². The average Bonchev–Trinajstić information content (AvgIpc) is 2.40. The Morgan fingerprint density at radius 2 is 1.67 bits per heavy atom. The normalized spacial score (nSPS) is 18.6. The van der Waals surface area contributed by atoms with E-state index in [1.807, 2.05) is 48.5 Å². The summed E-state index contributed by atoms with van der Waals surface area (Å²) < 4.78 is 0. The Bertz CT molecular complexity index is 580. The van der Waals surface area contributed by atoms with Crippen LogP contribution in [0.15, 0.2) is 54.6 Å². The summed E-state index contributed by atoms with van der Waals surface area (Å²) in [6.07, 6.45) is -0.327. The number of rotatable bonds is 1. The molecular weight excluding hydrogens is 226 g/mol. The maximum absolute atomic E-state index is 12.4. The average molecular weight is 239 g/mol. The van der Waals surface area contributed by atoms with Crippen molar-refractivity contribution < 1.29 is 9.90 Å². The third-order valence-corrected chi connectivity index (χ3v) is 3.20. The minimum Gasteiger partial charge on any atom is -0.373 e. The molecule has 1 N–H and O–H groups in total. The molecule has 0 spiro atoms. The van der Waals surface area contributed by atoms with E-state index in [4.69, 9.17) is 0 Å². The molecule has 0 radical (unpaired) electrons. The SMILES string of the molecule is O=C1c2ccccc2CC(O)N1c1ccccc1. The van der Waals surface area contributed by atoms with Gasteiger partial charge in [-0.25, -0.2) is 0 Å². The highest BCUT2D eigenvalue weighted by Crippen LogP contribution is 2.27. The summed E-state index contributed by atoms with van der Waals surface area (Å²) in [6.45, 7) is 0. The molecule has 1 amide bonds. The van der Waals surface area contributed by atoms with Crippen LogP contribution >= 0.6 is 0 Å². The number of hydrogen-bond donors (Lipinski definition) is 1. The zero-order valence-corrected chi connectivity index (χ0v) is 9.78. The molecule has 90 valence electrons. The topological polar surface area (TPSA) is 40.5 Å². The second kappa shape index (κ2) is 4.27. The van der Waals surface area contributed by atoms with E-state index in [-0.39, 0.29) is 5.91 Å². The monoisotopic (exact) mass is 239 g/mol. The minimum absolute atomic E-state index is 0.143. The third-order valence-electron chi connectivity index (χ3n) is 3.20. The van der Waals surface area contributed by atoms with E-state index in [2.05, 4.69) is 0 Å². The van der Waals surface area contributed by atoms with Gasteiger partial charge < -0.3 is 5.11 Å². The number of amides is 1. The van der Waals surface area contributed by atoms with Crippen molar-refractivity contribution in [1.82, 2.24) is 0 Å². The minimum atomic E-state index is -0.796. The standard InChI is InChI=1S/C15H13NO2/c17-14-10-11-6-4-5-9-13(11)15(18)16(14)12-7-2-1-3-8-12/h1-9,14,17H,10H2. The fraction of sp³-hybridized carbons (Fsp3) is 0.133. The molecule has 0 aliphatic carbocycles. The number of fused-ring (bicyclic) bond motifs is 1. The molecule has 0 saturated carbocycles. The molecule has 1 unspecified atom stereocenters. The quantitative estimate of drug-likeness (QED) is 0.828. The van der Waals surface area contributed by atoms with E-state index in [1.165, 1.54) is 4.90 Å². The number of nitrogens with zero attached hydrogens (tertiary/aromatic N) is 1. The van der Waals surface area contributed by atoms with Crippen molar-refractivity contribution in [2.75, 3.05) is 4.90 Å². The van der Waals surface area contributed by atoms with Crippen LogP contribution in [0.1, 0.15) is 15.9 Å². The first-order chi connectivity index (χ1) is 8.77. The van der Waals surface area contributed by atoms with Gasteiger partial charge in [0.2, 0.25) is 0 Å². The Labute approximate surface area is 105 Å². The lowest BCUT2D eigenvalue weighted by molar-refractivity contribution is 0.0860. The molecule has 0 bridgehead atoms. The number of anilines is 1. The number of carbonyl (C=O) groups excluding carboxylic acids is 1. The molecule has 3 heteroatoms. The van der Waals surface area contributed by atoms with Crippen molar-refractivity contribution in [2.45, 2.75) is 12.6 Å². The summed E-state index contributed by atoms with van der Waals surface area (Å²) >= 11 is 0. The van der Waals surface area contributed by atoms with Gasteiger partial charge in [-0.1, -0.05) is 36.4 Å². The smallest absolute Gasteiger partial charge is 0.260 e. The first-order valence-electron chi connectivity index (χ1n) is 5.92. The van der Waals surface area contributed by atoms with Crippen LogP contribution in [0.2, 0.25) is 0 Å². The number of aliphatic hydroxyl groups excluding tert-OH is 1. The van der Waals surface area contributed by atoms with E-state index in [1.54, 1.807) is 6.07 Å². The molecule has 0 fully saturated rings. The first kappa shape index (κ1) is 11.0. The fourth-order valence-electron chi connectivity index (χ4n) is 2.34. The Hall–Kier alpha value is -2.13. The summed E-state index contributed by atoms with van der Waals surface area (Å²) in [4.78, 5) is 13.8. The van der Waals surface area contributed by atoms with Crippen molar-refractivity contribution >= 4 is 11.6 Å². The summed E-state index contributed by atoms with van der Waals surface area (Å²) in [7, 11) is 0. The molecular formula is C15H13NO2. The number of para-hydroxylation sites is 1. The Morgan fingerprint density at radius 1 is 1.00 bits per heavy atom. The third kappa shape index (κ3) is 1.69. The zero-order chi connectivity index (χ0) is 12.5. The molecule has 3 rings (SSSR count). The van der Waals surface area contributed by atoms with Crippen LogP contribution in [0.25, 0.3) is 0 Å². The van der Waals surface area contributed by atoms with Gasteiger partial charge in [0.1, 0.15) is 6.23 Å². The predicted octanol–water partition coefficient (Wildman–Crippen LogP) is 2.21. The number of benzene rings is 2. The van der Waals surface area contributed by atoms with Crippen LogP contribution in [-0.4, -0.2) is 17.2 Å².